The van der Waals surface area contributed by atoms with Gasteiger partial charge in [0.25, 0.3) is 0 Å². The molecule has 3 heterocycles. The second-order valence-electron chi connectivity index (χ2n) is 12.2. The summed E-state index contributed by atoms with van der Waals surface area (Å²) in [4.78, 5) is 18.5. The van der Waals surface area contributed by atoms with Gasteiger partial charge in [-0.15, -0.1) is 0 Å². The van der Waals surface area contributed by atoms with Gasteiger partial charge in [0, 0.05) is 23.8 Å². The summed E-state index contributed by atoms with van der Waals surface area (Å²) in [7, 11) is -3.71. The summed E-state index contributed by atoms with van der Waals surface area (Å²) in [6.45, 7) is 6.60. The van der Waals surface area contributed by atoms with Crippen LogP contribution in [0, 0.1) is 0 Å². The molecule has 0 aliphatic carbocycles. The summed E-state index contributed by atoms with van der Waals surface area (Å²) in [5, 5.41) is 6.92. The Labute approximate surface area is 267 Å². The molecule has 6 rings (SSSR count). The predicted octanol–water partition coefficient (Wildman–Crippen LogP) is 5.95. The molecule has 0 bridgehead atoms. The van der Waals surface area contributed by atoms with Crippen LogP contribution in [0.3, 0.4) is 0 Å². The average Bonchev–Trinajstić information content (AvgIpc) is 3.65. The molecular weight excluding hydrogens is 600 g/mol. The SMILES string of the molecule is CC(C)(C)n1nccc1COC(=O)c1cc2ccc(CN)nc2n1Cc1cc(NS(=O)(=O)Cc2ccccc2)cc2ccccc12. The van der Waals surface area contributed by atoms with Crippen LogP contribution in [0.1, 0.15) is 53.8 Å². The number of esters is 1. The van der Waals surface area contributed by atoms with Gasteiger partial charge in [0.1, 0.15) is 17.9 Å². The molecule has 0 fully saturated rings. The minimum atomic E-state index is -3.71. The first-order valence-electron chi connectivity index (χ1n) is 15.0. The molecule has 0 atom stereocenters. The van der Waals surface area contributed by atoms with Crippen molar-refractivity contribution in [3.05, 3.63) is 125 Å². The second kappa shape index (κ2) is 12.4. The topological polar surface area (TPSA) is 134 Å². The number of sulfonamides is 1. The zero-order valence-electron chi connectivity index (χ0n) is 26.0. The molecular formula is C35H36N6O4S. The molecule has 0 saturated carbocycles. The van der Waals surface area contributed by atoms with Crippen LogP contribution in [0.5, 0.6) is 0 Å². The third kappa shape index (κ3) is 6.65. The van der Waals surface area contributed by atoms with Crippen molar-refractivity contribution >= 4 is 43.5 Å². The Morgan fingerprint density at radius 2 is 1.70 bits per heavy atom. The van der Waals surface area contributed by atoms with E-state index in [1.807, 2.05) is 96.8 Å². The molecule has 6 aromatic rings. The van der Waals surface area contributed by atoms with Gasteiger partial charge in [-0.2, -0.15) is 5.10 Å². The molecule has 0 aliphatic heterocycles. The fourth-order valence-corrected chi connectivity index (χ4v) is 6.81. The fourth-order valence-electron chi connectivity index (χ4n) is 5.63. The van der Waals surface area contributed by atoms with E-state index in [1.54, 1.807) is 30.5 Å². The molecule has 3 aromatic heterocycles. The smallest absolute Gasteiger partial charge is 0.355 e. The second-order valence-corrected chi connectivity index (χ2v) is 13.9. The van der Waals surface area contributed by atoms with E-state index in [4.69, 9.17) is 15.5 Å². The van der Waals surface area contributed by atoms with Crippen molar-refractivity contribution < 1.29 is 17.9 Å². The van der Waals surface area contributed by atoms with Crippen molar-refractivity contribution in [3.8, 4) is 0 Å². The van der Waals surface area contributed by atoms with Crippen molar-refractivity contribution in [1.29, 1.82) is 0 Å². The molecule has 10 nitrogen and oxygen atoms in total. The number of rotatable bonds is 10. The Kier molecular flexibility index (Phi) is 8.37. The highest BCUT2D eigenvalue weighted by molar-refractivity contribution is 7.91. The highest BCUT2D eigenvalue weighted by atomic mass is 32.2. The number of hydrogen-bond acceptors (Lipinski definition) is 7. The third-order valence-corrected chi connectivity index (χ3v) is 8.94. The summed E-state index contributed by atoms with van der Waals surface area (Å²) < 4.78 is 38.6. The van der Waals surface area contributed by atoms with Gasteiger partial charge in [0.05, 0.1) is 29.2 Å². The number of pyridine rings is 1. The van der Waals surface area contributed by atoms with Crippen molar-refractivity contribution in [1.82, 2.24) is 19.3 Å². The largest absolute Gasteiger partial charge is 0.455 e. The highest BCUT2D eigenvalue weighted by Gasteiger charge is 2.23. The number of carbonyl (C=O) groups is 1. The van der Waals surface area contributed by atoms with Crippen molar-refractivity contribution in [2.45, 2.75) is 51.8 Å². The molecule has 0 radical (unpaired) electrons. The molecule has 0 amide bonds. The summed E-state index contributed by atoms with van der Waals surface area (Å²) in [5.74, 6) is -0.674. The van der Waals surface area contributed by atoms with Crippen LogP contribution in [0.15, 0.2) is 97.2 Å². The molecule has 0 saturated heterocycles. The average molecular weight is 637 g/mol. The first-order valence-corrected chi connectivity index (χ1v) is 16.6. The van der Waals surface area contributed by atoms with Gasteiger partial charge >= 0.3 is 5.97 Å². The van der Waals surface area contributed by atoms with Gasteiger partial charge in [-0.3, -0.25) is 9.40 Å². The summed E-state index contributed by atoms with van der Waals surface area (Å²) in [6.07, 6.45) is 1.69. The number of nitrogens with zero attached hydrogens (tertiary/aromatic N) is 4. The third-order valence-electron chi connectivity index (χ3n) is 7.68. The van der Waals surface area contributed by atoms with E-state index in [0.29, 0.717) is 28.3 Å². The molecule has 0 spiro atoms. The van der Waals surface area contributed by atoms with Crippen LogP contribution in [-0.2, 0) is 45.7 Å². The summed E-state index contributed by atoms with van der Waals surface area (Å²) in [6, 6.07) is 27.7. The van der Waals surface area contributed by atoms with E-state index in [0.717, 1.165) is 27.4 Å². The number of benzene rings is 3. The maximum absolute atomic E-state index is 13.7. The first-order chi connectivity index (χ1) is 22.0. The monoisotopic (exact) mass is 636 g/mol. The molecule has 46 heavy (non-hydrogen) atoms. The Bertz CT molecular complexity index is 2150. The van der Waals surface area contributed by atoms with Gasteiger partial charge in [-0.05, 0) is 79.1 Å². The van der Waals surface area contributed by atoms with Crippen molar-refractivity contribution in [3.63, 3.8) is 0 Å². The number of hydrogen-bond donors (Lipinski definition) is 2. The van der Waals surface area contributed by atoms with E-state index >= 15 is 0 Å². The number of nitrogens with one attached hydrogen (secondary N) is 1. The quantitative estimate of drug-likeness (QED) is 0.178. The Hall–Kier alpha value is -5.00. The van der Waals surface area contributed by atoms with Gasteiger partial charge in [-0.25, -0.2) is 18.2 Å². The minimum Gasteiger partial charge on any atom is -0.455 e. The van der Waals surface area contributed by atoms with Crippen LogP contribution in [0.4, 0.5) is 5.69 Å². The van der Waals surface area contributed by atoms with Crippen LogP contribution in [0.25, 0.3) is 21.8 Å². The number of nitrogens with two attached hydrogens (primary N) is 1. The van der Waals surface area contributed by atoms with Crippen molar-refractivity contribution in [2.75, 3.05) is 4.72 Å². The maximum Gasteiger partial charge on any atom is 0.355 e. The lowest BCUT2D eigenvalue weighted by Crippen LogP contribution is -2.26. The van der Waals surface area contributed by atoms with Gasteiger partial charge in [-0.1, -0.05) is 54.6 Å². The Balaban J connectivity index is 1.38. The number of aromatic nitrogens is 4. The lowest BCUT2D eigenvalue weighted by molar-refractivity contribution is 0.0444. The van der Waals surface area contributed by atoms with E-state index in [1.165, 1.54) is 0 Å². The van der Waals surface area contributed by atoms with Crippen LogP contribution in [0.2, 0.25) is 0 Å². The van der Waals surface area contributed by atoms with Crippen LogP contribution < -0.4 is 10.5 Å². The van der Waals surface area contributed by atoms with E-state index < -0.39 is 16.0 Å². The van der Waals surface area contributed by atoms with E-state index in [-0.39, 0.29) is 31.0 Å². The van der Waals surface area contributed by atoms with Gasteiger partial charge in [0.15, 0.2) is 0 Å². The predicted molar refractivity (Wildman–Crippen MR) is 180 cm³/mol. The molecule has 0 unspecified atom stereocenters. The number of fused-ring (bicyclic) bond motifs is 2. The zero-order chi connectivity index (χ0) is 32.5. The zero-order valence-corrected chi connectivity index (χ0v) is 26.8. The summed E-state index contributed by atoms with van der Waals surface area (Å²) in [5.41, 5.74) is 9.90. The normalized spacial score (nSPS) is 12.1. The maximum atomic E-state index is 13.7. The van der Waals surface area contributed by atoms with Crippen LogP contribution in [-0.4, -0.2) is 33.7 Å². The first kappa shape index (κ1) is 31.0. The number of anilines is 1. The van der Waals surface area contributed by atoms with Crippen molar-refractivity contribution in [2.24, 2.45) is 5.73 Å². The standard InChI is InChI=1S/C35H36N6O4S/c1-35(2,3)41-30(15-16-37-41)22-45-34(42)32-19-26-13-14-28(20-36)38-33(26)40(32)21-27-18-29(17-25-11-7-8-12-31(25)27)39-46(43,44)23-24-9-5-4-6-10-24/h4-19,39H,20-23,36H2,1-3H3. The number of carbonyl (C=O) groups excluding carboxylic acids is 1. The number of ether oxygens (including phenoxy) is 1. The lowest BCUT2D eigenvalue weighted by atomic mass is 10.0. The lowest BCUT2D eigenvalue weighted by Gasteiger charge is -2.22. The van der Waals surface area contributed by atoms with Crippen LogP contribution >= 0.6 is 0 Å². The van der Waals surface area contributed by atoms with Gasteiger partial charge < -0.3 is 15.0 Å². The Morgan fingerprint density at radius 1 is 0.935 bits per heavy atom. The Morgan fingerprint density at radius 3 is 2.46 bits per heavy atom. The van der Waals surface area contributed by atoms with E-state index in [9.17, 15) is 13.2 Å². The molecule has 0 aliphatic rings. The molecule has 236 valence electrons. The van der Waals surface area contributed by atoms with E-state index in [2.05, 4.69) is 9.82 Å². The molecule has 3 N–H and O–H groups in total. The molecule has 3 aromatic carbocycles. The fraction of sp³-hybridized carbons (Fsp3) is 0.229. The highest BCUT2D eigenvalue weighted by Crippen LogP contribution is 2.29. The summed E-state index contributed by atoms with van der Waals surface area (Å²) >= 11 is 0. The van der Waals surface area contributed by atoms with Gasteiger partial charge in [0.2, 0.25) is 10.0 Å². The minimum absolute atomic E-state index is 0.0424. The molecule has 11 heteroatoms.